The van der Waals surface area contributed by atoms with E-state index < -0.39 is 5.92 Å². The van der Waals surface area contributed by atoms with Crippen LogP contribution in [0.3, 0.4) is 0 Å². The van der Waals surface area contributed by atoms with Gasteiger partial charge in [-0.05, 0) is 41.3 Å². The Kier molecular flexibility index (Phi) is 6.09. The van der Waals surface area contributed by atoms with E-state index >= 15 is 0 Å². The number of carbonyl (C=O) groups is 1. The van der Waals surface area contributed by atoms with Crippen molar-refractivity contribution in [2.75, 3.05) is 7.11 Å². The largest absolute Gasteiger partial charge is 0.496 e. The Hall–Kier alpha value is -3.43. The molecule has 0 bridgehead atoms. The van der Waals surface area contributed by atoms with Gasteiger partial charge >= 0.3 is 0 Å². The van der Waals surface area contributed by atoms with Crippen LogP contribution in [0.1, 0.15) is 43.7 Å². The van der Waals surface area contributed by atoms with Gasteiger partial charge in [0.05, 0.1) is 13.0 Å². The van der Waals surface area contributed by atoms with E-state index in [1.165, 1.54) is 0 Å². The lowest BCUT2D eigenvalue weighted by Crippen LogP contribution is -2.33. The molecule has 1 atom stereocenters. The van der Waals surface area contributed by atoms with Gasteiger partial charge in [-0.15, -0.1) is 0 Å². The third-order valence-electron chi connectivity index (χ3n) is 5.90. The zero-order valence-corrected chi connectivity index (χ0v) is 19.5. The quantitative estimate of drug-likeness (QED) is 0.638. The molecule has 0 saturated heterocycles. The van der Waals surface area contributed by atoms with E-state index in [1.54, 1.807) is 19.2 Å². The normalized spacial score (nSPS) is 19.5. The fraction of sp³-hybridized carbons (Fsp3) is 0.308. The van der Waals surface area contributed by atoms with Gasteiger partial charge in [-0.2, -0.15) is 5.26 Å². The minimum absolute atomic E-state index is 0.0287. The molecule has 0 saturated carbocycles. The number of ketones is 1. The molecular formula is C26H25ClN2O4. The number of hydrogen-bond acceptors (Lipinski definition) is 6. The Labute approximate surface area is 198 Å². The molecule has 0 spiro atoms. The fourth-order valence-corrected chi connectivity index (χ4v) is 4.61. The predicted molar refractivity (Wildman–Crippen MR) is 124 cm³/mol. The van der Waals surface area contributed by atoms with Crippen LogP contribution in [0.25, 0.3) is 0 Å². The number of benzene rings is 2. The number of halogens is 1. The van der Waals surface area contributed by atoms with Crippen molar-refractivity contribution in [3.63, 3.8) is 0 Å². The first kappa shape index (κ1) is 22.8. The summed E-state index contributed by atoms with van der Waals surface area (Å²) in [6.45, 7) is 4.26. The first-order valence-corrected chi connectivity index (χ1v) is 11.0. The summed E-state index contributed by atoms with van der Waals surface area (Å²) in [7, 11) is 1.58. The highest BCUT2D eigenvalue weighted by molar-refractivity contribution is 6.30. The summed E-state index contributed by atoms with van der Waals surface area (Å²) in [4.78, 5) is 13.2. The van der Waals surface area contributed by atoms with E-state index in [1.807, 2.05) is 44.2 Å². The molecule has 1 aliphatic carbocycles. The summed E-state index contributed by atoms with van der Waals surface area (Å²) in [5.74, 6) is 1.22. The number of methoxy groups -OCH3 is 1. The zero-order valence-electron chi connectivity index (χ0n) is 18.8. The van der Waals surface area contributed by atoms with Crippen LogP contribution in [0.5, 0.6) is 11.5 Å². The monoisotopic (exact) mass is 464 g/mol. The average Bonchev–Trinajstić information content (AvgIpc) is 2.75. The van der Waals surface area contributed by atoms with Crippen LogP contribution in [-0.2, 0) is 16.1 Å². The van der Waals surface area contributed by atoms with Gasteiger partial charge in [-0.3, -0.25) is 4.79 Å². The Morgan fingerprint density at radius 1 is 1.24 bits per heavy atom. The summed E-state index contributed by atoms with van der Waals surface area (Å²) < 4.78 is 17.2. The third-order valence-corrected chi connectivity index (χ3v) is 6.14. The van der Waals surface area contributed by atoms with Crippen LogP contribution >= 0.6 is 11.6 Å². The standard InChI is InChI=1S/C26H25ClN2O4/c1-26(2)11-20(30)24-22(12-26)33-25(29)19(13-28)23(24)15-7-8-21(31-3)16(9-15)14-32-18-6-4-5-17(27)10-18/h4-10,23H,11-12,14,29H2,1-3H3/t23-/m1/s1. The number of carbonyl (C=O) groups excluding carboxylic acids is 1. The molecule has 1 heterocycles. The molecule has 0 aromatic heterocycles. The van der Waals surface area contributed by atoms with Gasteiger partial charge < -0.3 is 19.9 Å². The summed E-state index contributed by atoms with van der Waals surface area (Å²) in [6, 6.07) is 14.8. The number of allylic oxidation sites excluding steroid dienone is 3. The lowest BCUT2D eigenvalue weighted by molar-refractivity contribution is -0.119. The minimum Gasteiger partial charge on any atom is -0.496 e. The summed E-state index contributed by atoms with van der Waals surface area (Å²) in [5, 5.41) is 10.4. The number of rotatable bonds is 5. The second-order valence-corrected chi connectivity index (χ2v) is 9.46. The van der Waals surface area contributed by atoms with Crippen molar-refractivity contribution in [2.45, 2.75) is 39.2 Å². The molecule has 2 aromatic carbocycles. The van der Waals surface area contributed by atoms with E-state index in [9.17, 15) is 10.1 Å². The third kappa shape index (κ3) is 4.55. The van der Waals surface area contributed by atoms with E-state index in [0.717, 1.165) is 11.1 Å². The maximum atomic E-state index is 13.2. The maximum Gasteiger partial charge on any atom is 0.205 e. The Balaban J connectivity index is 1.75. The molecule has 4 rings (SSSR count). The molecule has 33 heavy (non-hydrogen) atoms. The molecule has 2 N–H and O–H groups in total. The van der Waals surface area contributed by atoms with Gasteiger partial charge in [0.1, 0.15) is 35.5 Å². The van der Waals surface area contributed by atoms with Gasteiger partial charge in [0, 0.05) is 29.0 Å². The lowest BCUT2D eigenvalue weighted by Gasteiger charge is -2.37. The van der Waals surface area contributed by atoms with Crippen molar-refractivity contribution in [1.82, 2.24) is 0 Å². The number of nitriles is 1. The fourth-order valence-electron chi connectivity index (χ4n) is 4.43. The van der Waals surface area contributed by atoms with Gasteiger partial charge in [-0.1, -0.05) is 37.6 Å². The van der Waals surface area contributed by atoms with E-state index in [-0.39, 0.29) is 29.3 Å². The van der Waals surface area contributed by atoms with Crippen molar-refractivity contribution in [3.8, 4) is 17.6 Å². The van der Waals surface area contributed by atoms with Gasteiger partial charge in [0.25, 0.3) is 0 Å². The topological polar surface area (TPSA) is 94.6 Å². The van der Waals surface area contributed by atoms with Gasteiger partial charge in [-0.25, -0.2) is 0 Å². The van der Waals surface area contributed by atoms with Crippen LogP contribution in [0.15, 0.2) is 65.3 Å². The summed E-state index contributed by atoms with van der Waals surface area (Å²) in [5.41, 5.74) is 8.15. The highest BCUT2D eigenvalue weighted by Crippen LogP contribution is 2.48. The number of nitrogens with two attached hydrogens (primary N) is 1. The van der Waals surface area contributed by atoms with Crippen molar-refractivity contribution in [1.29, 1.82) is 5.26 Å². The van der Waals surface area contributed by atoms with Crippen LogP contribution in [-0.4, -0.2) is 12.9 Å². The van der Waals surface area contributed by atoms with E-state index in [0.29, 0.717) is 40.7 Å². The molecule has 170 valence electrons. The van der Waals surface area contributed by atoms with Crippen molar-refractivity contribution >= 4 is 17.4 Å². The summed E-state index contributed by atoms with van der Waals surface area (Å²) >= 11 is 6.06. The highest BCUT2D eigenvalue weighted by atomic mass is 35.5. The molecule has 0 radical (unpaired) electrons. The highest BCUT2D eigenvalue weighted by Gasteiger charge is 2.43. The van der Waals surface area contributed by atoms with Gasteiger partial charge in [0.15, 0.2) is 5.78 Å². The predicted octanol–water partition coefficient (Wildman–Crippen LogP) is 5.38. The Morgan fingerprint density at radius 3 is 2.73 bits per heavy atom. The molecule has 1 aliphatic heterocycles. The minimum atomic E-state index is -0.599. The van der Waals surface area contributed by atoms with Crippen molar-refractivity contribution < 1.29 is 19.0 Å². The second-order valence-electron chi connectivity index (χ2n) is 9.02. The van der Waals surface area contributed by atoms with E-state index in [4.69, 9.17) is 31.5 Å². The van der Waals surface area contributed by atoms with Crippen LogP contribution in [0.4, 0.5) is 0 Å². The van der Waals surface area contributed by atoms with Crippen LogP contribution < -0.4 is 15.2 Å². The first-order chi connectivity index (χ1) is 15.7. The maximum absolute atomic E-state index is 13.2. The van der Waals surface area contributed by atoms with Gasteiger partial charge in [0.2, 0.25) is 5.88 Å². The van der Waals surface area contributed by atoms with Crippen molar-refractivity contribution in [3.05, 3.63) is 81.4 Å². The Morgan fingerprint density at radius 2 is 2.03 bits per heavy atom. The van der Waals surface area contributed by atoms with E-state index in [2.05, 4.69) is 6.07 Å². The SMILES string of the molecule is COc1ccc([C@@H]2C(C#N)=C(N)OC3=C2C(=O)CC(C)(C)C3)cc1COc1cccc(Cl)c1. The van der Waals surface area contributed by atoms with Crippen LogP contribution in [0, 0.1) is 16.7 Å². The molecule has 0 amide bonds. The number of nitrogens with zero attached hydrogens (tertiary/aromatic N) is 1. The Bertz CT molecular complexity index is 1220. The number of ether oxygens (including phenoxy) is 3. The van der Waals surface area contributed by atoms with Crippen molar-refractivity contribution in [2.24, 2.45) is 11.1 Å². The second kappa shape index (κ2) is 8.84. The molecule has 7 heteroatoms. The molecule has 0 fully saturated rings. The molecule has 2 aromatic rings. The molecule has 6 nitrogen and oxygen atoms in total. The summed E-state index contributed by atoms with van der Waals surface area (Å²) in [6.07, 6.45) is 0.954. The molecule has 0 unspecified atom stereocenters. The number of hydrogen-bond donors (Lipinski definition) is 1. The smallest absolute Gasteiger partial charge is 0.205 e. The average molecular weight is 465 g/mol. The molecule has 2 aliphatic rings. The van der Waals surface area contributed by atoms with Crippen LogP contribution in [0.2, 0.25) is 5.02 Å². The zero-order chi connectivity index (χ0) is 23.8. The first-order valence-electron chi connectivity index (χ1n) is 10.6. The number of Topliss-reactive ketones (excluding diaryl/α,β-unsaturated/α-hetero) is 1. The lowest BCUT2D eigenvalue weighted by atomic mass is 9.70. The molecular weight excluding hydrogens is 440 g/mol.